The monoisotopic (exact) mass is 285 g/mol. The van der Waals surface area contributed by atoms with E-state index < -0.39 is 0 Å². The lowest BCUT2D eigenvalue weighted by atomic mass is 10.3. The average molecular weight is 286 g/mol. The fourth-order valence-corrected chi connectivity index (χ4v) is 1.25. The van der Waals surface area contributed by atoms with Gasteiger partial charge in [0.2, 0.25) is 11.8 Å². The number of pyridine rings is 1. The minimum absolute atomic E-state index is 0.0373. The summed E-state index contributed by atoms with van der Waals surface area (Å²) in [5.74, 6) is -0.515. The second-order valence-electron chi connectivity index (χ2n) is 3.29. The lowest BCUT2D eigenvalue weighted by Gasteiger charge is -2.06. The Morgan fingerprint density at radius 2 is 2.19 bits per heavy atom. The molecule has 0 aliphatic heterocycles. The fraction of sp³-hybridized carbons (Fsp3) is 0.300. The number of nitrogens with one attached hydrogen (secondary N) is 2. The molecule has 0 fully saturated rings. The van der Waals surface area contributed by atoms with Gasteiger partial charge in [-0.25, -0.2) is 4.98 Å². The molecular formula is C10H12BrN3O2. The van der Waals surface area contributed by atoms with Gasteiger partial charge >= 0.3 is 0 Å². The lowest BCUT2D eigenvalue weighted by Crippen LogP contribution is -2.31. The molecule has 0 unspecified atom stereocenters. The molecule has 0 bridgehead atoms. The summed E-state index contributed by atoms with van der Waals surface area (Å²) in [6.45, 7) is 3.20. The fourth-order valence-electron chi connectivity index (χ4n) is 1.04. The van der Waals surface area contributed by atoms with Crippen molar-refractivity contribution in [2.24, 2.45) is 0 Å². The first-order valence-corrected chi connectivity index (χ1v) is 5.45. The third kappa shape index (κ3) is 3.98. The summed E-state index contributed by atoms with van der Waals surface area (Å²) in [5.41, 5.74) is 1.54. The van der Waals surface area contributed by atoms with Crippen LogP contribution in [-0.4, -0.2) is 23.3 Å². The molecule has 0 saturated heterocycles. The molecule has 0 atom stereocenters. The van der Waals surface area contributed by atoms with Crippen LogP contribution in [0.2, 0.25) is 0 Å². The van der Waals surface area contributed by atoms with Gasteiger partial charge in [-0.15, -0.1) is 0 Å². The zero-order valence-electron chi connectivity index (χ0n) is 9.00. The maximum atomic E-state index is 11.3. The van der Waals surface area contributed by atoms with Crippen LogP contribution in [0, 0.1) is 6.92 Å². The third-order valence-electron chi connectivity index (χ3n) is 1.80. The summed E-state index contributed by atoms with van der Waals surface area (Å²) >= 11 is 3.26. The van der Waals surface area contributed by atoms with Gasteiger partial charge in [0, 0.05) is 6.92 Å². The maximum absolute atomic E-state index is 11.3. The predicted octanol–water partition coefficient (Wildman–Crippen LogP) is 1.23. The molecule has 0 saturated carbocycles. The van der Waals surface area contributed by atoms with Crippen molar-refractivity contribution < 1.29 is 9.59 Å². The molecule has 2 N–H and O–H groups in total. The van der Waals surface area contributed by atoms with E-state index in [0.29, 0.717) is 5.69 Å². The van der Waals surface area contributed by atoms with Gasteiger partial charge < -0.3 is 10.6 Å². The molecule has 1 aromatic heterocycles. The maximum Gasteiger partial charge on any atom is 0.243 e. The Morgan fingerprint density at radius 3 is 2.75 bits per heavy atom. The summed E-state index contributed by atoms with van der Waals surface area (Å²) in [6.07, 6.45) is 1.54. The van der Waals surface area contributed by atoms with Crippen LogP contribution < -0.4 is 10.6 Å². The Morgan fingerprint density at radius 1 is 1.50 bits per heavy atom. The van der Waals surface area contributed by atoms with Crippen LogP contribution in [0.25, 0.3) is 0 Å². The van der Waals surface area contributed by atoms with Gasteiger partial charge in [0.1, 0.15) is 4.60 Å². The van der Waals surface area contributed by atoms with E-state index in [2.05, 4.69) is 31.5 Å². The topological polar surface area (TPSA) is 71.1 Å². The van der Waals surface area contributed by atoms with E-state index in [1.165, 1.54) is 6.92 Å². The van der Waals surface area contributed by atoms with Crippen molar-refractivity contribution in [1.82, 2.24) is 10.3 Å². The summed E-state index contributed by atoms with van der Waals surface area (Å²) < 4.78 is 0.743. The molecule has 0 aliphatic carbocycles. The quantitative estimate of drug-likeness (QED) is 0.821. The number of hydrogen-bond donors (Lipinski definition) is 2. The minimum atomic E-state index is -0.279. The minimum Gasteiger partial charge on any atom is -0.347 e. The Balaban J connectivity index is 2.56. The normalized spacial score (nSPS) is 9.69. The molecule has 6 heteroatoms. The van der Waals surface area contributed by atoms with Crippen LogP contribution in [0.4, 0.5) is 5.69 Å². The highest BCUT2D eigenvalue weighted by Crippen LogP contribution is 2.16. The van der Waals surface area contributed by atoms with Crippen molar-refractivity contribution in [1.29, 1.82) is 0 Å². The zero-order valence-corrected chi connectivity index (χ0v) is 10.6. The number of carbonyl (C=O) groups excluding carboxylic acids is 2. The first-order valence-electron chi connectivity index (χ1n) is 4.65. The Kier molecular flexibility index (Phi) is 4.42. The second-order valence-corrected chi connectivity index (χ2v) is 4.04. The van der Waals surface area contributed by atoms with Gasteiger partial charge in [-0.3, -0.25) is 9.59 Å². The Bertz CT molecular complexity index is 421. The van der Waals surface area contributed by atoms with Gasteiger partial charge in [0.25, 0.3) is 0 Å². The van der Waals surface area contributed by atoms with E-state index in [0.717, 1.165) is 10.2 Å². The number of aromatic nitrogens is 1. The first kappa shape index (κ1) is 12.6. The number of carbonyl (C=O) groups is 2. The van der Waals surface area contributed by atoms with Crippen molar-refractivity contribution >= 4 is 33.4 Å². The molecule has 2 amide bonds. The van der Waals surface area contributed by atoms with Gasteiger partial charge in [0.15, 0.2) is 0 Å². The predicted molar refractivity (Wildman–Crippen MR) is 64.0 cm³/mol. The van der Waals surface area contributed by atoms with E-state index >= 15 is 0 Å². The molecule has 1 rings (SSSR count). The molecule has 1 aromatic rings. The SMILES string of the molecule is CC(=O)NCC(=O)Nc1cnc(Br)c(C)c1. The molecular weight excluding hydrogens is 274 g/mol. The Labute approximate surface area is 102 Å². The number of amides is 2. The number of anilines is 1. The number of aryl methyl sites for hydroxylation is 1. The highest BCUT2D eigenvalue weighted by atomic mass is 79.9. The standard InChI is InChI=1S/C10H12BrN3O2/c1-6-3-8(4-13-10(6)11)14-9(16)5-12-7(2)15/h3-4H,5H2,1-2H3,(H,12,15)(H,14,16). The van der Waals surface area contributed by atoms with Crippen LogP contribution in [0.15, 0.2) is 16.9 Å². The summed E-state index contributed by atoms with van der Waals surface area (Å²) in [5, 5.41) is 5.04. The lowest BCUT2D eigenvalue weighted by molar-refractivity contribution is -0.122. The van der Waals surface area contributed by atoms with E-state index in [1.807, 2.05) is 6.92 Å². The van der Waals surface area contributed by atoms with Crippen molar-refractivity contribution in [2.75, 3.05) is 11.9 Å². The van der Waals surface area contributed by atoms with E-state index in [4.69, 9.17) is 0 Å². The zero-order chi connectivity index (χ0) is 12.1. The summed E-state index contributed by atoms with van der Waals surface area (Å²) in [4.78, 5) is 26.0. The van der Waals surface area contributed by atoms with Gasteiger partial charge in [-0.05, 0) is 34.5 Å². The molecule has 0 aliphatic rings. The smallest absolute Gasteiger partial charge is 0.243 e. The number of hydrogen-bond acceptors (Lipinski definition) is 3. The Hall–Kier alpha value is -1.43. The average Bonchev–Trinajstić information content (AvgIpc) is 2.21. The summed E-state index contributed by atoms with van der Waals surface area (Å²) in [6, 6.07) is 1.79. The molecule has 0 aromatic carbocycles. The van der Waals surface area contributed by atoms with Crippen molar-refractivity contribution in [3.05, 3.63) is 22.4 Å². The van der Waals surface area contributed by atoms with Crippen LogP contribution in [0.1, 0.15) is 12.5 Å². The van der Waals surface area contributed by atoms with Crippen LogP contribution in [0.3, 0.4) is 0 Å². The molecule has 1 heterocycles. The molecule has 86 valence electrons. The summed E-state index contributed by atoms with van der Waals surface area (Å²) in [7, 11) is 0. The molecule has 16 heavy (non-hydrogen) atoms. The number of rotatable bonds is 3. The van der Waals surface area contributed by atoms with Gasteiger partial charge in [0.05, 0.1) is 18.4 Å². The van der Waals surface area contributed by atoms with Crippen molar-refractivity contribution in [2.45, 2.75) is 13.8 Å². The van der Waals surface area contributed by atoms with Crippen LogP contribution in [-0.2, 0) is 9.59 Å². The third-order valence-corrected chi connectivity index (χ3v) is 2.63. The van der Waals surface area contributed by atoms with Crippen LogP contribution in [0.5, 0.6) is 0 Å². The van der Waals surface area contributed by atoms with E-state index in [-0.39, 0.29) is 18.4 Å². The van der Waals surface area contributed by atoms with E-state index in [9.17, 15) is 9.59 Å². The number of nitrogens with zero attached hydrogens (tertiary/aromatic N) is 1. The number of halogens is 1. The molecule has 0 spiro atoms. The largest absolute Gasteiger partial charge is 0.347 e. The molecule has 5 nitrogen and oxygen atoms in total. The van der Waals surface area contributed by atoms with Crippen molar-refractivity contribution in [3.8, 4) is 0 Å². The first-order chi connectivity index (χ1) is 7.49. The highest BCUT2D eigenvalue weighted by Gasteiger charge is 2.04. The highest BCUT2D eigenvalue weighted by molar-refractivity contribution is 9.10. The van der Waals surface area contributed by atoms with E-state index in [1.54, 1.807) is 12.3 Å². The second kappa shape index (κ2) is 5.60. The van der Waals surface area contributed by atoms with Crippen molar-refractivity contribution in [3.63, 3.8) is 0 Å². The molecule has 0 radical (unpaired) electrons. The van der Waals surface area contributed by atoms with Crippen LogP contribution >= 0.6 is 15.9 Å². The van der Waals surface area contributed by atoms with Gasteiger partial charge in [-0.1, -0.05) is 0 Å². The van der Waals surface area contributed by atoms with Gasteiger partial charge in [-0.2, -0.15) is 0 Å².